The fourth-order valence-corrected chi connectivity index (χ4v) is 2.25. The van der Waals surface area contributed by atoms with Gasteiger partial charge in [0, 0.05) is 12.5 Å². The van der Waals surface area contributed by atoms with Crippen LogP contribution in [0.25, 0.3) is 0 Å². The van der Waals surface area contributed by atoms with Gasteiger partial charge in [-0.15, -0.1) is 11.8 Å². The minimum absolute atomic E-state index is 0.178. The zero-order valence-corrected chi connectivity index (χ0v) is 10.3. The second kappa shape index (κ2) is 5.75. The van der Waals surface area contributed by atoms with E-state index in [1.807, 2.05) is 13.0 Å². The van der Waals surface area contributed by atoms with Gasteiger partial charge in [-0.3, -0.25) is 0 Å². The van der Waals surface area contributed by atoms with Gasteiger partial charge < -0.3 is 10.5 Å². The molecule has 0 amide bonds. The molecule has 0 saturated heterocycles. The topological polar surface area (TPSA) is 35.2 Å². The zero-order chi connectivity index (χ0) is 12.1. The number of ether oxygens (including phenoxy) is 1. The van der Waals surface area contributed by atoms with Crippen molar-refractivity contribution in [2.75, 3.05) is 6.61 Å². The van der Waals surface area contributed by atoms with Crippen LogP contribution in [0.1, 0.15) is 43.4 Å². The monoisotopic (exact) mass is 229 g/mol. The Labute approximate surface area is 103 Å². The lowest BCUT2D eigenvalue weighted by Gasteiger charge is -2.22. The highest BCUT2D eigenvalue weighted by atomic mass is 16.5. The number of fused-ring (bicyclic) bond motifs is 1. The molecule has 0 bridgehead atoms. The lowest BCUT2D eigenvalue weighted by molar-refractivity contribution is 0.326. The summed E-state index contributed by atoms with van der Waals surface area (Å²) in [4.78, 5) is 0. The molecule has 2 rings (SSSR count). The van der Waals surface area contributed by atoms with Crippen molar-refractivity contribution in [2.24, 2.45) is 5.73 Å². The predicted octanol–water partition coefficient (Wildman–Crippen LogP) is 2.81. The van der Waals surface area contributed by atoms with Crippen molar-refractivity contribution in [1.29, 1.82) is 0 Å². The summed E-state index contributed by atoms with van der Waals surface area (Å²) < 4.78 is 5.66. The van der Waals surface area contributed by atoms with Gasteiger partial charge in [-0.2, -0.15) is 0 Å². The Balaban J connectivity index is 2.03. The molecule has 0 spiro atoms. The van der Waals surface area contributed by atoms with Crippen molar-refractivity contribution in [1.82, 2.24) is 0 Å². The summed E-state index contributed by atoms with van der Waals surface area (Å²) in [6.45, 7) is 2.49. The average Bonchev–Trinajstić information content (AvgIpc) is 2.36. The minimum atomic E-state index is 0.178. The van der Waals surface area contributed by atoms with E-state index < -0.39 is 0 Å². The summed E-state index contributed by atoms with van der Waals surface area (Å²) in [5.41, 5.74) is 8.75. The van der Waals surface area contributed by atoms with Gasteiger partial charge in [0.15, 0.2) is 0 Å². The second-order valence-corrected chi connectivity index (χ2v) is 4.38. The van der Waals surface area contributed by atoms with Gasteiger partial charge in [-0.25, -0.2) is 0 Å². The van der Waals surface area contributed by atoms with Crippen LogP contribution in [0.5, 0.6) is 5.75 Å². The summed E-state index contributed by atoms with van der Waals surface area (Å²) in [5.74, 6) is 6.77. The van der Waals surface area contributed by atoms with Crippen LogP contribution in [0.2, 0.25) is 0 Å². The van der Waals surface area contributed by atoms with E-state index >= 15 is 0 Å². The summed E-state index contributed by atoms with van der Waals surface area (Å²) in [6, 6.07) is 6.46. The molecule has 1 atom stereocenters. The van der Waals surface area contributed by atoms with Crippen LogP contribution in [0, 0.1) is 11.8 Å². The first-order valence-corrected chi connectivity index (χ1v) is 6.22. The largest absolute Gasteiger partial charge is 0.493 e. The maximum atomic E-state index is 6.11. The first-order valence-electron chi connectivity index (χ1n) is 6.22. The van der Waals surface area contributed by atoms with E-state index in [2.05, 4.69) is 24.0 Å². The second-order valence-electron chi connectivity index (χ2n) is 4.38. The lowest BCUT2D eigenvalue weighted by atomic mass is 9.88. The zero-order valence-electron chi connectivity index (χ0n) is 10.3. The molecular weight excluding hydrogens is 210 g/mol. The first-order chi connectivity index (χ1) is 8.31. The molecule has 1 aromatic rings. The predicted molar refractivity (Wildman–Crippen MR) is 69.9 cm³/mol. The maximum absolute atomic E-state index is 6.11. The van der Waals surface area contributed by atoms with E-state index in [0.29, 0.717) is 6.61 Å². The molecule has 0 radical (unpaired) electrons. The van der Waals surface area contributed by atoms with Crippen LogP contribution >= 0.6 is 0 Å². The summed E-state index contributed by atoms with van der Waals surface area (Å²) in [5, 5.41) is 0. The van der Waals surface area contributed by atoms with Crippen LogP contribution in [-0.4, -0.2) is 6.61 Å². The third-order valence-electron chi connectivity index (χ3n) is 3.15. The SMILES string of the molecule is CC#CCCOc1ccc2c(c1)[C@@H](N)CCC2. The van der Waals surface area contributed by atoms with Crippen LogP contribution in [0.4, 0.5) is 0 Å². The molecule has 0 unspecified atom stereocenters. The highest BCUT2D eigenvalue weighted by Crippen LogP contribution is 2.30. The van der Waals surface area contributed by atoms with Gasteiger partial charge in [0.05, 0.1) is 6.61 Å². The van der Waals surface area contributed by atoms with Crippen molar-refractivity contribution in [3.8, 4) is 17.6 Å². The third kappa shape index (κ3) is 3.01. The Morgan fingerprint density at radius 2 is 2.35 bits per heavy atom. The summed E-state index contributed by atoms with van der Waals surface area (Å²) in [6.07, 6.45) is 4.20. The van der Waals surface area contributed by atoms with Crippen molar-refractivity contribution >= 4 is 0 Å². The van der Waals surface area contributed by atoms with Crippen LogP contribution in [0.15, 0.2) is 18.2 Å². The first kappa shape index (κ1) is 12.0. The third-order valence-corrected chi connectivity index (χ3v) is 3.15. The van der Waals surface area contributed by atoms with E-state index in [-0.39, 0.29) is 6.04 Å². The fourth-order valence-electron chi connectivity index (χ4n) is 2.25. The van der Waals surface area contributed by atoms with E-state index in [1.165, 1.54) is 17.5 Å². The molecule has 1 aliphatic carbocycles. The van der Waals surface area contributed by atoms with Crippen molar-refractivity contribution in [3.63, 3.8) is 0 Å². The van der Waals surface area contributed by atoms with Gasteiger partial charge in [0.2, 0.25) is 0 Å². The number of rotatable bonds is 3. The maximum Gasteiger partial charge on any atom is 0.119 e. The summed E-state index contributed by atoms with van der Waals surface area (Å²) >= 11 is 0. The number of nitrogens with two attached hydrogens (primary N) is 1. The molecule has 17 heavy (non-hydrogen) atoms. The molecule has 2 heteroatoms. The van der Waals surface area contributed by atoms with Crippen LogP contribution < -0.4 is 10.5 Å². The molecule has 1 aliphatic rings. The van der Waals surface area contributed by atoms with Crippen molar-refractivity contribution in [3.05, 3.63) is 29.3 Å². The molecule has 90 valence electrons. The van der Waals surface area contributed by atoms with E-state index in [1.54, 1.807) is 0 Å². The highest BCUT2D eigenvalue weighted by Gasteiger charge is 2.16. The Morgan fingerprint density at radius 1 is 1.47 bits per heavy atom. The van der Waals surface area contributed by atoms with Crippen LogP contribution in [0.3, 0.4) is 0 Å². The molecule has 0 heterocycles. The molecule has 0 fully saturated rings. The van der Waals surface area contributed by atoms with Gasteiger partial charge >= 0.3 is 0 Å². The fraction of sp³-hybridized carbons (Fsp3) is 0.467. The smallest absolute Gasteiger partial charge is 0.119 e. The molecular formula is C15H19NO. The molecule has 0 aromatic heterocycles. The van der Waals surface area contributed by atoms with Gasteiger partial charge in [0.25, 0.3) is 0 Å². The van der Waals surface area contributed by atoms with Gasteiger partial charge in [-0.05, 0) is 49.4 Å². The average molecular weight is 229 g/mol. The minimum Gasteiger partial charge on any atom is -0.493 e. The highest BCUT2D eigenvalue weighted by molar-refractivity contribution is 5.39. The Bertz CT molecular complexity index is 442. The number of hydrogen-bond acceptors (Lipinski definition) is 2. The van der Waals surface area contributed by atoms with Crippen molar-refractivity contribution in [2.45, 2.75) is 38.6 Å². The van der Waals surface area contributed by atoms with E-state index in [0.717, 1.165) is 25.0 Å². The van der Waals surface area contributed by atoms with Crippen LogP contribution in [-0.2, 0) is 6.42 Å². The normalized spacial score (nSPS) is 17.9. The lowest BCUT2D eigenvalue weighted by Crippen LogP contribution is -2.17. The summed E-state index contributed by atoms with van der Waals surface area (Å²) in [7, 11) is 0. The van der Waals surface area contributed by atoms with Gasteiger partial charge in [0.1, 0.15) is 5.75 Å². The number of benzene rings is 1. The molecule has 2 N–H and O–H groups in total. The Kier molecular flexibility index (Phi) is 4.06. The molecule has 1 aromatic carbocycles. The number of hydrogen-bond donors (Lipinski definition) is 1. The van der Waals surface area contributed by atoms with E-state index in [4.69, 9.17) is 10.5 Å². The van der Waals surface area contributed by atoms with Gasteiger partial charge in [-0.1, -0.05) is 6.07 Å². The standard InChI is InChI=1S/C15H19NO/c1-2-3-4-10-17-13-9-8-12-6-5-7-15(16)14(12)11-13/h8-9,11,15H,4-7,10,16H2,1H3/t15-/m0/s1. The van der Waals surface area contributed by atoms with Crippen molar-refractivity contribution < 1.29 is 4.74 Å². The van der Waals surface area contributed by atoms with E-state index in [9.17, 15) is 0 Å². The Morgan fingerprint density at radius 3 is 3.18 bits per heavy atom. The molecule has 2 nitrogen and oxygen atoms in total. The quantitative estimate of drug-likeness (QED) is 0.639. The number of aryl methyl sites for hydroxylation is 1. The Hall–Kier alpha value is -1.46. The molecule has 0 saturated carbocycles. The molecule has 0 aliphatic heterocycles.